The summed E-state index contributed by atoms with van der Waals surface area (Å²) in [6.45, 7) is 17.1. The van der Waals surface area contributed by atoms with Crippen LogP contribution in [0.2, 0.25) is 0 Å². The van der Waals surface area contributed by atoms with Gasteiger partial charge in [0.05, 0.1) is 26.1 Å². The monoisotopic (exact) mass is 1200 g/mol. The molecule has 0 aromatic rings. The van der Waals surface area contributed by atoms with Gasteiger partial charge in [-0.15, -0.1) is 0 Å². The fourth-order valence-electron chi connectivity index (χ4n) is 10.1. The van der Waals surface area contributed by atoms with E-state index in [1.807, 2.05) is 9.80 Å². The van der Waals surface area contributed by atoms with E-state index in [1.165, 1.54) is 218 Å². The Kier molecular flexibility index (Phi) is 63.8. The second kappa shape index (κ2) is 63.0. The average molecular weight is 1210 g/mol. The topological polar surface area (TPSA) is 93.2 Å². The van der Waals surface area contributed by atoms with Gasteiger partial charge in [-0.2, -0.15) is 0 Å². The number of nitrogens with zero attached hydrogens (tertiary/aromatic N) is 2. The van der Waals surface area contributed by atoms with E-state index < -0.39 is 0 Å². The molecule has 8 nitrogen and oxygen atoms in total. The third-order valence-corrected chi connectivity index (χ3v) is 16.4. The largest absolute Gasteiger partial charge is 0.465 e. The maximum Gasteiger partial charge on any atom is 0.307 e. The number of carbonyl (C=O) groups is 4. The van der Waals surface area contributed by atoms with Crippen LogP contribution in [0.3, 0.4) is 0 Å². The van der Waals surface area contributed by atoms with Gasteiger partial charge in [-0.3, -0.25) is 19.2 Å². The van der Waals surface area contributed by atoms with Crippen molar-refractivity contribution < 1.29 is 28.7 Å². The number of hydrogen-bond donors (Lipinski definition) is 0. The van der Waals surface area contributed by atoms with Crippen LogP contribution < -0.4 is 0 Å². The van der Waals surface area contributed by atoms with Crippen LogP contribution in [0.1, 0.15) is 337 Å². The minimum absolute atomic E-state index is 0.132. The van der Waals surface area contributed by atoms with Gasteiger partial charge in [0.15, 0.2) is 0 Å². The number of ether oxygens (including phenoxy) is 2. The molecule has 0 aliphatic rings. The zero-order chi connectivity index (χ0) is 56.2. The molecule has 10 heteroatoms. The molecule has 0 aromatic heterocycles. The summed E-state index contributed by atoms with van der Waals surface area (Å²) < 4.78 is 11.6. The number of carbonyl (C=O) groups excluding carboxylic acids is 4. The molecule has 0 aliphatic carbocycles. The van der Waals surface area contributed by atoms with Crippen LogP contribution in [0.4, 0.5) is 0 Å². The van der Waals surface area contributed by atoms with E-state index in [4.69, 9.17) is 9.47 Å². The van der Waals surface area contributed by atoms with Gasteiger partial charge in [0.2, 0.25) is 11.8 Å². The van der Waals surface area contributed by atoms with Gasteiger partial charge in [0.1, 0.15) is 0 Å². The van der Waals surface area contributed by atoms with Crippen molar-refractivity contribution >= 4 is 55.6 Å². The molecule has 0 spiro atoms. The second-order valence-electron chi connectivity index (χ2n) is 22.7. The first-order chi connectivity index (χ1) is 37.2. The summed E-state index contributed by atoms with van der Waals surface area (Å²) in [5.74, 6) is 1.13. The van der Waals surface area contributed by atoms with E-state index in [1.54, 1.807) is 0 Å². The Balaban J connectivity index is 0. The lowest BCUT2D eigenvalue weighted by Crippen LogP contribution is -2.34. The highest BCUT2D eigenvalue weighted by molar-refractivity contribution is 9.09. The average Bonchev–Trinajstić information content (AvgIpc) is 3.42. The second-order valence-corrected chi connectivity index (χ2v) is 24.3. The van der Waals surface area contributed by atoms with Gasteiger partial charge < -0.3 is 19.3 Å². The van der Waals surface area contributed by atoms with Gasteiger partial charge in [-0.1, -0.05) is 279 Å². The normalized spacial score (nSPS) is 12.0. The molecule has 2 unspecified atom stereocenters. The van der Waals surface area contributed by atoms with Crippen LogP contribution in [0.15, 0.2) is 0 Å². The Bertz CT molecular complexity index is 1150. The highest BCUT2D eigenvalue weighted by Gasteiger charge is 2.19. The molecule has 0 aliphatic heterocycles. The summed E-state index contributed by atoms with van der Waals surface area (Å²) in [6, 6.07) is 0. The standard InChI is InChI=1S/2C33H64BrNO3/c2*1-4-7-10-13-15-19-24-31(23-18-11-8-5-2)30-38-33(37)26-29-35(28-22-12-9-6-3)32(36)25-20-16-14-17-21-27-34/h2*31H,4-30H2,1-3H3. The van der Waals surface area contributed by atoms with Crippen molar-refractivity contribution in [3.8, 4) is 0 Å². The quantitative estimate of drug-likeness (QED) is 0.0342. The Morgan fingerprint density at radius 2 is 0.553 bits per heavy atom. The molecule has 76 heavy (non-hydrogen) atoms. The van der Waals surface area contributed by atoms with Crippen LogP contribution in [-0.2, 0) is 28.7 Å². The zero-order valence-corrected chi connectivity index (χ0v) is 54.6. The third kappa shape index (κ3) is 54.8. The Morgan fingerprint density at radius 1 is 0.303 bits per heavy atom. The van der Waals surface area contributed by atoms with Crippen molar-refractivity contribution in [1.29, 1.82) is 0 Å². The molecule has 0 fully saturated rings. The van der Waals surface area contributed by atoms with Crippen LogP contribution in [0.5, 0.6) is 0 Å². The van der Waals surface area contributed by atoms with Crippen LogP contribution >= 0.6 is 31.9 Å². The number of halogens is 2. The predicted octanol–water partition coefficient (Wildman–Crippen LogP) is 20.8. The van der Waals surface area contributed by atoms with E-state index in [0.717, 1.165) is 75.1 Å². The van der Waals surface area contributed by atoms with Gasteiger partial charge in [0, 0.05) is 49.7 Å². The summed E-state index contributed by atoms with van der Waals surface area (Å²) >= 11 is 6.97. The van der Waals surface area contributed by atoms with Crippen molar-refractivity contribution in [1.82, 2.24) is 9.80 Å². The van der Waals surface area contributed by atoms with Gasteiger partial charge in [0.25, 0.3) is 0 Å². The smallest absolute Gasteiger partial charge is 0.307 e. The molecule has 452 valence electrons. The van der Waals surface area contributed by atoms with Crippen molar-refractivity contribution in [2.45, 2.75) is 337 Å². The summed E-state index contributed by atoms with van der Waals surface area (Å²) in [5, 5.41) is 2.12. The minimum Gasteiger partial charge on any atom is -0.465 e. The lowest BCUT2D eigenvalue weighted by molar-refractivity contribution is -0.147. The molecular weight excluding hydrogens is 1080 g/mol. The number of alkyl halides is 2. The highest BCUT2D eigenvalue weighted by atomic mass is 79.9. The summed E-state index contributed by atoms with van der Waals surface area (Å²) in [7, 11) is 0. The first kappa shape index (κ1) is 76.9. The molecule has 0 heterocycles. The first-order valence-corrected chi connectivity index (χ1v) is 35.4. The number of amides is 2. The molecular formula is C66H128Br2N2O6. The molecule has 2 atom stereocenters. The summed E-state index contributed by atoms with van der Waals surface area (Å²) in [4.78, 5) is 55.1. The van der Waals surface area contributed by atoms with Crippen molar-refractivity contribution in [2.24, 2.45) is 11.8 Å². The van der Waals surface area contributed by atoms with Gasteiger partial charge in [-0.05, 0) is 76.0 Å². The molecule has 0 saturated heterocycles. The van der Waals surface area contributed by atoms with E-state index in [-0.39, 0.29) is 23.8 Å². The Hall–Kier alpha value is -1.16. The lowest BCUT2D eigenvalue weighted by Gasteiger charge is -2.23. The lowest BCUT2D eigenvalue weighted by atomic mass is 9.95. The minimum atomic E-state index is -0.132. The van der Waals surface area contributed by atoms with E-state index in [2.05, 4.69) is 73.4 Å². The third-order valence-electron chi connectivity index (χ3n) is 15.3. The van der Waals surface area contributed by atoms with Crippen molar-refractivity contribution in [2.75, 3.05) is 50.1 Å². The van der Waals surface area contributed by atoms with Gasteiger partial charge >= 0.3 is 11.9 Å². The van der Waals surface area contributed by atoms with E-state index in [9.17, 15) is 19.2 Å². The van der Waals surface area contributed by atoms with E-state index >= 15 is 0 Å². The molecule has 0 radical (unpaired) electrons. The van der Waals surface area contributed by atoms with E-state index in [0.29, 0.717) is 63.8 Å². The SMILES string of the molecule is CCCCCCCCC(CCCCCC)COC(=O)CCN(CCCCCC)C(=O)CCCCCCCBr.CCCCCCCCC(CCCCCC)COC(=O)CCN(CCCCCC)C(=O)CCCCCCCBr. The molecule has 2 amide bonds. The molecule has 0 N–H and O–H groups in total. The number of hydrogen-bond acceptors (Lipinski definition) is 6. The van der Waals surface area contributed by atoms with Crippen molar-refractivity contribution in [3.63, 3.8) is 0 Å². The van der Waals surface area contributed by atoms with Crippen LogP contribution in [0, 0.1) is 11.8 Å². The predicted molar refractivity (Wildman–Crippen MR) is 336 cm³/mol. The van der Waals surface area contributed by atoms with Crippen LogP contribution in [0.25, 0.3) is 0 Å². The molecule has 0 bridgehead atoms. The van der Waals surface area contributed by atoms with Gasteiger partial charge in [-0.25, -0.2) is 0 Å². The fourth-order valence-corrected chi connectivity index (χ4v) is 10.9. The first-order valence-electron chi connectivity index (χ1n) is 33.2. The highest BCUT2D eigenvalue weighted by Crippen LogP contribution is 2.22. The zero-order valence-electron chi connectivity index (χ0n) is 51.4. The maximum atomic E-state index is 12.9. The van der Waals surface area contributed by atoms with Crippen LogP contribution in [-0.4, -0.2) is 83.6 Å². The molecule has 0 aromatic carbocycles. The summed E-state index contributed by atoms with van der Waals surface area (Å²) in [6.07, 6.45) is 52.9. The number of esters is 2. The van der Waals surface area contributed by atoms with Crippen molar-refractivity contribution in [3.05, 3.63) is 0 Å². The molecule has 0 saturated carbocycles. The fraction of sp³-hybridized carbons (Fsp3) is 0.939. The Morgan fingerprint density at radius 3 is 0.855 bits per heavy atom. The molecule has 0 rings (SSSR count). The maximum absolute atomic E-state index is 12.9. The number of unbranched alkanes of at least 4 members (excludes halogenated alkanes) is 30. The summed E-state index contributed by atoms with van der Waals surface area (Å²) in [5.41, 5.74) is 0. The number of rotatable bonds is 58. The Labute approximate surface area is 490 Å².